The Kier molecular flexibility index (Phi) is 5.66. The summed E-state index contributed by atoms with van der Waals surface area (Å²) < 4.78 is 33.2. The second-order valence-corrected chi connectivity index (χ2v) is 7.65. The van der Waals surface area contributed by atoms with Crippen LogP contribution in [-0.4, -0.2) is 54.1 Å². The average Bonchev–Trinajstić information content (AvgIpc) is 2.67. The van der Waals surface area contributed by atoms with E-state index in [4.69, 9.17) is 5.73 Å². The quantitative estimate of drug-likeness (QED) is 0.266. The monoisotopic (exact) mass is 417 g/mol. The summed E-state index contributed by atoms with van der Waals surface area (Å²) in [5, 5.41) is 2.95. The molecule has 0 aliphatic heterocycles. The van der Waals surface area contributed by atoms with E-state index >= 15 is 0 Å². The molecule has 9 heteroatoms. The molecule has 1 aliphatic carbocycles. The maximum Gasteiger partial charge on any atom is 0.296 e. The Hall–Kier alpha value is -2.49. The molecule has 0 atom stereocenters. The van der Waals surface area contributed by atoms with Gasteiger partial charge in [0, 0.05) is 46.4 Å². The van der Waals surface area contributed by atoms with Crippen LogP contribution in [0.5, 0.6) is 0 Å². The summed E-state index contributed by atoms with van der Waals surface area (Å²) in [5.74, 6) is -1.04. The van der Waals surface area contributed by atoms with Crippen LogP contribution in [0.1, 0.15) is 31.8 Å². The van der Waals surface area contributed by atoms with E-state index in [0.29, 0.717) is 5.69 Å². The molecule has 3 aromatic carbocycles. The fourth-order valence-electron chi connectivity index (χ4n) is 3.28. The van der Waals surface area contributed by atoms with Crippen LogP contribution < -0.4 is 11.1 Å². The minimum Gasteiger partial charge on any atom is -0.397 e. The van der Waals surface area contributed by atoms with Crippen molar-refractivity contribution in [3.8, 4) is 0 Å². The van der Waals surface area contributed by atoms with E-state index in [0.717, 1.165) is 6.07 Å². The second-order valence-electron chi connectivity index (χ2n) is 6.26. The first-order valence-corrected chi connectivity index (χ1v) is 9.67. The topological polar surface area (TPSA) is 127 Å². The van der Waals surface area contributed by atoms with Gasteiger partial charge in [-0.1, -0.05) is 42.5 Å². The van der Waals surface area contributed by atoms with Crippen LogP contribution in [0.2, 0.25) is 0 Å². The molecule has 0 saturated heterocycles. The van der Waals surface area contributed by atoms with Gasteiger partial charge >= 0.3 is 0 Å². The van der Waals surface area contributed by atoms with Crippen molar-refractivity contribution in [1.29, 1.82) is 0 Å². The van der Waals surface area contributed by atoms with E-state index in [1.165, 1.54) is 12.1 Å². The predicted molar refractivity (Wildman–Crippen MR) is 109 cm³/mol. The molecule has 4 N–H and O–H groups in total. The predicted octanol–water partition coefficient (Wildman–Crippen LogP) is 2.65. The largest absolute Gasteiger partial charge is 0.397 e. The number of fused-ring (bicyclic) bond motifs is 2. The van der Waals surface area contributed by atoms with Crippen LogP contribution in [0, 0.1) is 0 Å². The molecule has 0 heterocycles. The Morgan fingerprint density at radius 3 is 1.90 bits per heavy atom. The molecule has 7 nitrogen and oxygen atoms in total. The summed E-state index contributed by atoms with van der Waals surface area (Å²) in [6.07, 6.45) is 0. The van der Waals surface area contributed by atoms with Gasteiger partial charge in [0.1, 0.15) is 4.90 Å². The molecule has 1 radical (unpaired) electrons. The van der Waals surface area contributed by atoms with Crippen molar-refractivity contribution in [2.24, 2.45) is 0 Å². The molecule has 3 aromatic rings. The number of benzene rings is 3. The average molecular weight is 417 g/mol. The molecule has 0 saturated carbocycles. The van der Waals surface area contributed by atoms with Crippen molar-refractivity contribution in [2.75, 3.05) is 11.1 Å². The van der Waals surface area contributed by atoms with Crippen LogP contribution in [0.15, 0.2) is 65.6 Å². The Labute approximate surface area is 189 Å². The van der Waals surface area contributed by atoms with Gasteiger partial charge in [0.05, 0.1) is 22.5 Å². The van der Waals surface area contributed by atoms with Gasteiger partial charge in [0.2, 0.25) is 0 Å². The molecule has 1 aliphatic rings. The fraction of sp³-hybridized carbons (Fsp3) is 0. The van der Waals surface area contributed by atoms with Crippen molar-refractivity contribution in [2.45, 2.75) is 4.90 Å². The number of ketones is 2. The molecule has 0 fully saturated rings. The normalized spacial score (nSPS) is 12.6. The first-order chi connectivity index (χ1) is 13.3. The van der Waals surface area contributed by atoms with Crippen molar-refractivity contribution in [1.82, 2.24) is 0 Å². The molecule has 29 heavy (non-hydrogen) atoms. The molecular weight excluding hydrogens is 403 g/mol. The third-order valence-electron chi connectivity index (χ3n) is 4.53. The van der Waals surface area contributed by atoms with Crippen LogP contribution in [0.3, 0.4) is 0 Å². The summed E-state index contributed by atoms with van der Waals surface area (Å²) in [5.41, 5.74) is 6.16. The second kappa shape index (κ2) is 7.74. The number of nitrogen functional groups attached to an aromatic ring is 1. The number of anilines is 3. The summed E-state index contributed by atoms with van der Waals surface area (Å²) in [7, 11) is -4.73. The molecule has 141 valence electrons. The number of carbonyl (C=O) groups excluding carboxylic acids is 2. The maximum absolute atomic E-state index is 13.1. The van der Waals surface area contributed by atoms with Gasteiger partial charge in [-0.25, -0.2) is 0 Å². The number of carbonyl (C=O) groups is 2. The number of nitrogens with two attached hydrogens (primary N) is 1. The van der Waals surface area contributed by atoms with Gasteiger partial charge in [-0.2, -0.15) is 8.42 Å². The van der Waals surface area contributed by atoms with E-state index in [1.807, 2.05) is 0 Å². The summed E-state index contributed by atoms with van der Waals surface area (Å²) in [6.45, 7) is 0. The fourth-order valence-corrected chi connectivity index (χ4v) is 3.93. The van der Waals surface area contributed by atoms with Crippen LogP contribution >= 0.6 is 0 Å². The summed E-state index contributed by atoms with van der Waals surface area (Å²) >= 11 is 0. The van der Waals surface area contributed by atoms with Crippen LogP contribution in [-0.2, 0) is 10.1 Å². The van der Waals surface area contributed by atoms with E-state index < -0.39 is 32.3 Å². The first kappa shape index (κ1) is 21.2. The smallest absolute Gasteiger partial charge is 0.296 e. The van der Waals surface area contributed by atoms with Crippen LogP contribution in [0.4, 0.5) is 17.1 Å². The maximum atomic E-state index is 13.1. The molecular formula is C20H14N2NaO5S. The number of hydrogen-bond acceptors (Lipinski definition) is 6. The van der Waals surface area contributed by atoms with Gasteiger partial charge in [0.25, 0.3) is 10.1 Å². The molecule has 4 rings (SSSR count). The van der Waals surface area contributed by atoms with Crippen molar-refractivity contribution in [3.63, 3.8) is 0 Å². The van der Waals surface area contributed by atoms with E-state index in [-0.39, 0.29) is 57.5 Å². The molecule has 0 amide bonds. The van der Waals surface area contributed by atoms with Crippen molar-refractivity contribution >= 4 is 68.3 Å². The zero-order valence-electron chi connectivity index (χ0n) is 15.3. The molecule has 0 unspecified atom stereocenters. The van der Waals surface area contributed by atoms with Crippen LogP contribution in [0.25, 0.3) is 0 Å². The number of rotatable bonds is 3. The minimum atomic E-state index is -4.73. The Bertz CT molecular complexity index is 1260. The zero-order chi connectivity index (χ0) is 20.1. The standard InChI is InChI=1S/C20H14N2O5S.Na/c21-18-15(28(25,26)27)10-14(22-11-6-2-1-3-7-11)16-17(18)20(24)13-9-5-4-8-12(13)19(16)23;/h1-10,22H,21H2,(H,25,26,27);. The summed E-state index contributed by atoms with van der Waals surface area (Å²) in [6, 6.07) is 16.0. The number of para-hydroxylation sites is 1. The number of nitrogens with one attached hydrogen (secondary N) is 1. The van der Waals surface area contributed by atoms with Gasteiger partial charge in [-0.05, 0) is 18.2 Å². The first-order valence-electron chi connectivity index (χ1n) is 8.23. The Morgan fingerprint density at radius 1 is 0.828 bits per heavy atom. The van der Waals surface area contributed by atoms with E-state index in [9.17, 15) is 22.6 Å². The van der Waals surface area contributed by atoms with Gasteiger partial charge in [-0.3, -0.25) is 14.1 Å². The third-order valence-corrected chi connectivity index (χ3v) is 5.42. The minimum absolute atomic E-state index is 0. The third kappa shape index (κ3) is 3.61. The van der Waals surface area contributed by atoms with Gasteiger partial charge < -0.3 is 11.1 Å². The number of hydrogen-bond donors (Lipinski definition) is 3. The molecule has 0 spiro atoms. The van der Waals surface area contributed by atoms with Crippen molar-refractivity contribution < 1.29 is 22.6 Å². The van der Waals surface area contributed by atoms with E-state index in [1.54, 1.807) is 42.5 Å². The SMILES string of the molecule is Nc1c(S(=O)(=O)O)cc(Nc2ccccc2)c2c1C(=O)c1ccccc1C2=O.[Na]. The van der Waals surface area contributed by atoms with Gasteiger partial charge in [0.15, 0.2) is 11.6 Å². The van der Waals surface area contributed by atoms with Crippen molar-refractivity contribution in [3.05, 3.63) is 82.9 Å². The Balaban J connectivity index is 0.00000240. The molecule has 0 bridgehead atoms. The zero-order valence-corrected chi connectivity index (χ0v) is 18.2. The Morgan fingerprint density at radius 2 is 1.34 bits per heavy atom. The van der Waals surface area contributed by atoms with Gasteiger partial charge in [-0.15, -0.1) is 0 Å². The van der Waals surface area contributed by atoms with E-state index in [2.05, 4.69) is 5.32 Å². The molecule has 0 aromatic heterocycles. The summed E-state index contributed by atoms with van der Waals surface area (Å²) in [4.78, 5) is 25.5.